The van der Waals surface area contributed by atoms with Crippen LogP contribution in [0, 0.1) is 0 Å². The van der Waals surface area contributed by atoms with Gasteiger partial charge in [0.1, 0.15) is 12.7 Å². The summed E-state index contributed by atoms with van der Waals surface area (Å²) in [5, 5.41) is 0. The maximum Gasteiger partial charge on any atom is 0.620 e. The number of unbranched alkanes of at least 4 members (excludes halogenated alkanes) is 23. The number of hydrogen-bond donors (Lipinski definition) is 2. The Balaban J connectivity index is 2.46. The highest BCUT2D eigenvalue weighted by atomic mass is 31.2. The van der Waals surface area contributed by atoms with Crippen LogP contribution in [-0.2, 0) is 46.6 Å². The van der Waals surface area contributed by atoms with E-state index in [0.29, 0.717) is 12.8 Å². The number of carbonyl (C=O) groups is 2. The van der Waals surface area contributed by atoms with E-state index in [1.807, 2.05) is 0 Å². The van der Waals surface area contributed by atoms with Gasteiger partial charge in [0.2, 0.25) is 0 Å². The number of phosphoric acid groups is 2. The number of ether oxygens (including phenoxy) is 1. The van der Waals surface area contributed by atoms with Crippen LogP contribution >= 0.6 is 15.6 Å². The summed E-state index contributed by atoms with van der Waals surface area (Å²) < 4.78 is 49.5. The second-order valence-corrected chi connectivity index (χ2v) is 16.0. The molecule has 3 atom stereocenters. The second kappa shape index (κ2) is 29.7. The topological polar surface area (TPSA) is 164 Å². The minimum Gasteiger partial charge on any atom is -0.360 e. The molecule has 0 radical (unpaired) electrons. The molecule has 1 fully saturated rings. The maximum absolute atomic E-state index is 13.2. The molecular formula is C35H68O12P2. The smallest absolute Gasteiger partial charge is 0.360 e. The van der Waals surface area contributed by atoms with Gasteiger partial charge in [-0.15, -0.1) is 4.67 Å². The van der Waals surface area contributed by atoms with Gasteiger partial charge in [0, 0.05) is 6.42 Å². The third-order valence-corrected chi connectivity index (χ3v) is 10.3. The molecule has 49 heavy (non-hydrogen) atoms. The van der Waals surface area contributed by atoms with Gasteiger partial charge >= 0.3 is 27.6 Å². The molecule has 0 aromatic carbocycles. The molecule has 290 valence electrons. The van der Waals surface area contributed by atoms with Crippen molar-refractivity contribution in [2.75, 3.05) is 13.2 Å². The highest BCUT2D eigenvalue weighted by Crippen LogP contribution is 2.51. The van der Waals surface area contributed by atoms with Gasteiger partial charge in [0.15, 0.2) is 6.10 Å². The molecule has 1 heterocycles. The molecule has 2 N–H and O–H groups in total. The van der Waals surface area contributed by atoms with Gasteiger partial charge in [-0.3, -0.25) is 9.32 Å². The van der Waals surface area contributed by atoms with E-state index in [1.54, 1.807) is 0 Å². The first-order valence-corrected chi connectivity index (χ1v) is 22.3. The molecule has 0 amide bonds. The van der Waals surface area contributed by atoms with E-state index in [4.69, 9.17) is 33.1 Å². The normalized spacial score (nSPS) is 20.4. The Labute approximate surface area is 296 Å². The van der Waals surface area contributed by atoms with Crippen molar-refractivity contribution in [1.82, 2.24) is 0 Å². The predicted octanol–water partition coefficient (Wildman–Crippen LogP) is 10.6. The number of rotatable bonds is 31. The van der Waals surface area contributed by atoms with E-state index >= 15 is 0 Å². The molecule has 0 aromatic rings. The van der Waals surface area contributed by atoms with Gasteiger partial charge in [0.05, 0.1) is 6.61 Å². The van der Waals surface area contributed by atoms with E-state index in [-0.39, 0.29) is 12.8 Å². The zero-order valence-corrected chi connectivity index (χ0v) is 32.3. The Hall–Kier alpha value is -0.840. The molecule has 1 aliphatic rings. The van der Waals surface area contributed by atoms with Crippen LogP contribution in [0.4, 0.5) is 0 Å². The van der Waals surface area contributed by atoms with Crippen molar-refractivity contribution in [3.63, 3.8) is 0 Å². The van der Waals surface area contributed by atoms with Gasteiger partial charge in [-0.25, -0.2) is 18.8 Å². The summed E-state index contributed by atoms with van der Waals surface area (Å²) in [6.45, 7) is 3.31. The Morgan fingerprint density at radius 3 is 1.61 bits per heavy atom. The van der Waals surface area contributed by atoms with E-state index in [2.05, 4.69) is 18.4 Å². The predicted molar refractivity (Wildman–Crippen MR) is 189 cm³/mol. The van der Waals surface area contributed by atoms with Gasteiger partial charge in [-0.05, 0) is 12.8 Å². The molecule has 1 rings (SSSR count). The zero-order chi connectivity index (χ0) is 36.1. The number of hydrogen-bond acceptors (Lipinski definition) is 10. The zero-order valence-electron chi connectivity index (χ0n) is 30.5. The summed E-state index contributed by atoms with van der Waals surface area (Å²) in [4.78, 5) is 48.7. The van der Waals surface area contributed by atoms with Crippen LogP contribution in [0.1, 0.15) is 187 Å². The minimum atomic E-state index is -4.84. The van der Waals surface area contributed by atoms with Crippen molar-refractivity contribution in [2.24, 2.45) is 0 Å². The van der Waals surface area contributed by atoms with Crippen LogP contribution in [0.5, 0.6) is 0 Å². The van der Waals surface area contributed by atoms with Crippen molar-refractivity contribution < 1.29 is 56.4 Å². The molecule has 0 spiro atoms. The fourth-order valence-electron chi connectivity index (χ4n) is 5.80. The lowest BCUT2D eigenvalue weighted by Gasteiger charge is -2.21. The molecule has 3 unspecified atom stereocenters. The number of phosphoric ester groups is 2. The van der Waals surface area contributed by atoms with Crippen molar-refractivity contribution in [1.29, 1.82) is 0 Å². The Bertz CT molecular complexity index is 928. The molecule has 0 aliphatic carbocycles. The average molecular weight is 743 g/mol. The summed E-state index contributed by atoms with van der Waals surface area (Å²) in [6.07, 6.45) is 26.2. The van der Waals surface area contributed by atoms with E-state index in [9.17, 15) is 18.7 Å². The minimum absolute atomic E-state index is 0.0276. The first kappa shape index (κ1) is 46.2. The lowest BCUT2D eigenvalue weighted by atomic mass is 10.0. The molecule has 14 heteroatoms. The van der Waals surface area contributed by atoms with Gasteiger partial charge < -0.3 is 23.6 Å². The summed E-state index contributed by atoms with van der Waals surface area (Å²) in [7, 11) is -9.64. The lowest BCUT2D eigenvalue weighted by Crippen LogP contribution is -2.34. The molecule has 1 aliphatic heterocycles. The molecule has 0 aromatic heterocycles. The first-order valence-electron chi connectivity index (χ1n) is 19.3. The monoisotopic (exact) mass is 742 g/mol. The van der Waals surface area contributed by atoms with Crippen LogP contribution in [0.3, 0.4) is 0 Å². The Morgan fingerprint density at radius 1 is 0.735 bits per heavy atom. The third kappa shape index (κ3) is 27.5. The van der Waals surface area contributed by atoms with Crippen LogP contribution < -0.4 is 0 Å². The average Bonchev–Trinajstić information content (AvgIpc) is 3.10. The summed E-state index contributed by atoms with van der Waals surface area (Å²) in [6, 6.07) is 0. The van der Waals surface area contributed by atoms with E-state index in [1.165, 1.54) is 103 Å². The highest BCUT2D eigenvalue weighted by molar-refractivity contribution is 7.49. The summed E-state index contributed by atoms with van der Waals surface area (Å²) in [5.41, 5.74) is 0. The highest BCUT2D eigenvalue weighted by Gasteiger charge is 2.42. The molecule has 0 bridgehead atoms. The second-order valence-electron chi connectivity index (χ2n) is 13.4. The standard InChI is InChI=1S/C35H68O12P2/c1-3-5-7-9-11-13-15-17-19-21-23-25-27-29-34(36)45-49(41)46-35(37)33(44-32(30-42-47-49)31-43-48(38,39)40)28-26-24-22-20-18-16-14-12-10-8-6-4-2/h32-33H,3-31H2,1-2H3,(H2,38,39,40). The lowest BCUT2D eigenvalue weighted by molar-refractivity contribution is -0.242. The fourth-order valence-corrected chi connectivity index (χ4v) is 7.12. The van der Waals surface area contributed by atoms with Crippen LogP contribution in [0.2, 0.25) is 0 Å². The summed E-state index contributed by atoms with van der Waals surface area (Å²) in [5.74, 6) is -1.92. The van der Waals surface area contributed by atoms with E-state index in [0.717, 1.165) is 44.9 Å². The maximum atomic E-state index is 13.2. The molecule has 0 saturated carbocycles. The quantitative estimate of drug-likeness (QED) is 0.0393. The number of carbonyl (C=O) groups excluding carboxylic acids is 2. The largest absolute Gasteiger partial charge is 0.620 e. The van der Waals surface area contributed by atoms with Gasteiger partial charge in [0.25, 0.3) is 0 Å². The van der Waals surface area contributed by atoms with Crippen LogP contribution in [-0.4, -0.2) is 47.1 Å². The molecular weight excluding hydrogens is 674 g/mol. The van der Waals surface area contributed by atoms with Gasteiger partial charge in [-0.2, -0.15) is 0 Å². The Morgan fingerprint density at radius 2 is 1.16 bits per heavy atom. The third-order valence-electron chi connectivity index (χ3n) is 8.67. The first-order chi connectivity index (χ1) is 23.6. The Kier molecular flexibility index (Phi) is 28.0. The van der Waals surface area contributed by atoms with Crippen molar-refractivity contribution in [3.05, 3.63) is 0 Å². The van der Waals surface area contributed by atoms with Crippen molar-refractivity contribution >= 4 is 27.6 Å². The van der Waals surface area contributed by atoms with Crippen LogP contribution in [0.15, 0.2) is 0 Å². The fraction of sp³-hybridized carbons (Fsp3) is 0.943. The molecule has 1 saturated heterocycles. The summed E-state index contributed by atoms with van der Waals surface area (Å²) >= 11 is 0. The van der Waals surface area contributed by atoms with Crippen LogP contribution in [0.25, 0.3) is 0 Å². The SMILES string of the molecule is CCCCCCCCCCCCCCCC(=O)OP1(=O)OOCC(COP(=O)(O)O)OC(CCCCCCCCCCCCCC)C(=O)O1. The van der Waals surface area contributed by atoms with Crippen molar-refractivity contribution in [2.45, 2.75) is 199 Å². The molecule has 12 nitrogen and oxygen atoms in total. The van der Waals surface area contributed by atoms with Crippen molar-refractivity contribution in [3.8, 4) is 0 Å². The van der Waals surface area contributed by atoms with Gasteiger partial charge in [-0.1, -0.05) is 168 Å². The van der Waals surface area contributed by atoms with E-state index < -0.39 is 53.0 Å².